The molecule has 158 valence electrons. The highest BCUT2D eigenvalue weighted by Gasteiger charge is 2.18. The van der Waals surface area contributed by atoms with Gasteiger partial charge in [-0.05, 0) is 56.9 Å². The zero-order valence-electron chi connectivity index (χ0n) is 17.8. The van der Waals surface area contributed by atoms with Crippen molar-refractivity contribution in [1.82, 2.24) is 20.4 Å². The lowest BCUT2D eigenvalue weighted by Gasteiger charge is -2.20. The summed E-state index contributed by atoms with van der Waals surface area (Å²) < 4.78 is 15.0. The molecule has 29 heavy (non-hydrogen) atoms. The van der Waals surface area contributed by atoms with E-state index in [4.69, 9.17) is 5.73 Å². The van der Waals surface area contributed by atoms with E-state index < -0.39 is 11.8 Å². The highest BCUT2D eigenvalue weighted by atomic mass is 19.1. The minimum Gasteiger partial charge on any atom is -0.369 e. The maximum absolute atomic E-state index is 13.1. The van der Waals surface area contributed by atoms with E-state index >= 15 is 0 Å². The quantitative estimate of drug-likeness (QED) is 0.462. The van der Waals surface area contributed by atoms with Crippen molar-refractivity contribution in [2.45, 2.75) is 39.7 Å². The lowest BCUT2D eigenvalue weighted by molar-refractivity contribution is -0.121. The van der Waals surface area contributed by atoms with Gasteiger partial charge in [0.25, 0.3) is 0 Å². The summed E-state index contributed by atoms with van der Waals surface area (Å²) in [6.45, 7) is 6.48. The number of aliphatic imine (C=N–C) groups is 1. The fourth-order valence-electron chi connectivity index (χ4n) is 3.30. The van der Waals surface area contributed by atoms with Crippen LogP contribution in [0.1, 0.15) is 29.4 Å². The Hall–Kier alpha value is -2.90. The molecule has 0 aliphatic heterocycles. The Balaban J connectivity index is 1.93. The minimum absolute atomic E-state index is 0.118. The number of carbonyl (C=O) groups excluding carboxylic acids is 1. The Morgan fingerprint density at radius 3 is 2.45 bits per heavy atom. The predicted molar refractivity (Wildman–Crippen MR) is 113 cm³/mol. The van der Waals surface area contributed by atoms with Crippen LogP contribution in [-0.2, 0) is 24.7 Å². The van der Waals surface area contributed by atoms with E-state index in [9.17, 15) is 9.18 Å². The first-order valence-electron chi connectivity index (χ1n) is 9.71. The molecule has 2 unspecified atom stereocenters. The third-order valence-corrected chi connectivity index (χ3v) is 5.09. The summed E-state index contributed by atoms with van der Waals surface area (Å²) in [5.41, 5.74) is 9.80. The second-order valence-corrected chi connectivity index (χ2v) is 7.41. The van der Waals surface area contributed by atoms with E-state index in [1.807, 2.05) is 18.7 Å². The fraction of sp³-hybridized carbons (Fsp3) is 0.476. The number of guanidine groups is 1. The summed E-state index contributed by atoms with van der Waals surface area (Å²) >= 11 is 0. The standard InChI is InChI=1S/C21H31FN6O/c1-13(10-19-14(2)27-28(5)15(19)3)26-21(24-4)25-12-17(20(23)29)11-16-6-8-18(22)9-7-16/h6-9,13,17H,10-12H2,1-5H3,(H2,23,29)(H2,24,25,26). The molecule has 0 radical (unpaired) electrons. The smallest absolute Gasteiger partial charge is 0.222 e. The van der Waals surface area contributed by atoms with Gasteiger partial charge in [-0.2, -0.15) is 5.10 Å². The van der Waals surface area contributed by atoms with Gasteiger partial charge in [0, 0.05) is 32.4 Å². The van der Waals surface area contributed by atoms with Gasteiger partial charge in [-0.25, -0.2) is 4.39 Å². The summed E-state index contributed by atoms with van der Waals surface area (Å²) in [7, 11) is 3.62. The molecule has 0 bridgehead atoms. The molecule has 4 N–H and O–H groups in total. The second kappa shape index (κ2) is 10.0. The van der Waals surface area contributed by atoms with Crippen LogP contribution >= 0.6 is 0 Å². The number of hydrogen-bond donors (Lipinski definition) is 3. The number of halogens is 1. The summed E-state index contributed by atoms with van der Waals surface area (Å²) in [5, 5.41) is 11.0. The van der Waals surface area contributed by atoms with Crippen LogP contribution in [0.2, 0.25) is 0 Å². The first-order chi connectivity index (χ1) is 13.7. The molecule has 0 aliphatic carbocycles. The van der Waals surface area contributed by atoms with Gasteiger partial charge in [0.05, 0.1) is 11.6 Å². The van der Waals surface area contributed by atoms with Crippen molar-refractivity contribution >= 4 is 11.9 Å². The highest BCUT2D eigenvalue weighted by molar-refractivity contribution is 5.82. The Labute approximate surface area is 171 Å². The van der Waals surface area contributed by atoms with Crippen LogP contribution in [-0.4, -0.2) is 41.3 Å². The van der Waals surface area contributed by atoms with Crippen molar-refractivity contribution in [3.8, 4) is 0 Å². The zero-order valence-corrected chi connectivity index (χ0v) is 17.8. The van der Waals surface area contributed by atoms with Crippen LogP contribution in [0.15, 0.2) is 29.3 Å². The summed E-state index contributed by atoms with van der Waals surface area (Å²) in [5.74, 6) is -0.550. The molecule has 1 amide bonds. The molecule has 7 nitrogen and oxygen atoms in total. The maximum atomic E-state index is 13.1. The third kappa shape index (κ3) is 6.30. The van der Waals surface area contributed by atoms with Crippen LogP contribution in [0.4, 0.5) is 4.39 Å². The van der Waals surface area contributed by atoms with Gasteiger partial charge in [-0.15, -0.1) is 0 Å². The molecule has 8 heteroatoms. The average molecular weight is 403 g/mol. The van der Waals surface area contributed by atoms with E-state index in [2.05, 4.69) is 34.6 Å². The number of nitrogens with one attached hydrogen (secondary N) is 2. The number of nitrogens with zero attached hydrogens (tertiary/aromatic N) is 3. The molecule has 0 fully saturated rings. The van der Waals surface area contributed by atoms with E-state index in [-0.39, 0.29) is 11.9 Å². The van der Waals surface area contributed by atoms with Crippen molar-refractivity contribution in [3.05, 3.63) is 52.6 Å². The predicted octanol–water partition coefficient (Wildman–Crippen LogP) is 1.62. The molecular formula is C21H31FN6O. The maximum Gasteiger partial charge on any atom is 0.222 e. The molecule has 1 aromatic carbocycles. The summed E-state index contributed by atoms with van der Waals surface area (Å²) in [4.78, 5) is 16.1. The van der Waals surface area contributed by atoms with Crippen LogP contribution in [0.25, 0.3) is 0 Å². The normalized spacial score (nSPS) is 13.8. The number of hydrogen-bond acceptors (Lipinski definition) is 3. The van der Waals surface area contributed by atoms with E-state index in [1.165, 1.54) is 17.7 Å². The van der Waals surface area contributed by atoms with Crippen LogP contribution < -0.4 is 16.4 Å². The monoisotopic (exact) mass is 402 g/mol. The van der Waals surface area contributed by atoms with Gasteiger partial charge in [0.1, 0.15) is 5.82 Å². The number of primary amides is 1. The third-order valence-electron chi connectivity index (χ3n) is 5.09. The lowest BCUT2D eigenvalue weighted by Crippen LogP contribution is -2.46. The average Bonchev–Trinajstić information content (AvgIpc) is 2.91. The number of carbonyl (C=O) groups is 1. The van der Waals surface area contributed by atoms with E-state index in [0.717, 1.165) is 23.4 Å². The molecular weight excluding hydrogens is 371 g/mol. The fourth-order valence-corrected chi connectivity index (χ4v) is 3.30. The Kier molecular flexibility index (Phi) is 7.75. The van der Waals surface area contributed by atoms with Crippen LogP contribution in [0.3, 0.4) is 0 Å². The van der Waals surface area contributed by atoms with Gasteiger partial charge in [-0.1, -0.05) is 12.1 Å². The Morgan fingerprint density at radius 1 is 1.28 bits per heavy atom. The van der Waals surface area contributed by atoms with Crippen LogP contribution in [0, 0.1) is 25.6 Å². The highest BCUT2D eigenvalue weighted by Crippen LogP contribution is 2.14. The van der Waals surface area contributed by atoms with Crippen molar-refractivity contribution in [1.29, 1.82) is 0 Å². The molecule has 1 heterocycles. The Bertz CT molecular complexity index is 859. The topological polar surface area (TPSA) is 97.3 Å². The molecule has 0 saturated carbocycles. The molecule has 2 atom stereocenters. The first kappa shape index (κ1) is 22.4. The minimum atomic E-state index is -0.433. The first-order valence-corrected chi connectivity index (χ1v) is 9.71. The molecule has 0 aliphatic rings. The summed E-state index contributed by atoms with van der Waals surface area (Å²) in [6.07, 6.45) is 1.24. The van der Waals surface area contributed by atoms with Crippen molar-refractivity contribution in [2.24, 2.45) is 23.7 Å². The SMILES string of the molecule is CN=C(NCC(Cc1ccc(F)cc1)C(N)=O)NC(C)Cc1c(C)nn(C)c1C. The van der Waals surface area contributed by atoms with E-state index in [1.54, 1.807) is 19.2 Å². The molecule has 0 spiro atoms. The van der Waals surface area contributed by atoms with Crippen molar-refractivity contribution in [2.75, 3.05) is 13.6 Å². The van der Waals surface area contributed by atoms with Crippen LogP contribution in [0.5, 0.6) is 0 Å². The van der Waals surface area contributed by atoms with Gasteiger partial charge >= 0.3 is 0 Å². The molecule has 2 aromatic rings. The van der Waals surface area contributed by atoms with Gasteiger partial charge < -0.3 is 16.4 Å². The van der Waals surface area contributed by atoms with Gasteiger partial charge in [-0.3, -0.25) is 14.5 Å². The number of amides is 1. The summed E-state index contributed by atoms with van der Waals surface area (Å²) in [6, 6.07) is 6.21. The van der Waals surface area contributed by atoms with Gasteiger partial charge in [0.15, 0.2) is 5.96 Å². The van der Waals surface area contributed by atoms with Crippen molar-refractivity contribution < 1.29 is 9.18 Å². The number of aryl methyl sites for hydroxylation is 2. The largest absolute Gasteiger partial charge is 0.369 e. The van der Waals surface area contributed by atoms with Gasteiger partial charge in [0.2, 0.25) is 5.91 Å². The lowest BCUT2D eigenvalue weighted by atomic mass is 9.98. The number of nitrogens with two attached hydrogens (primary N) is 1. The number of rotatable bonds is 8. The Morgan fingerprint density at radius 2 is 1.93 bits per heavy atom. The van der Waals surface area contributed by atoms with Crippen molar-refractivity contribution in [3.63, 3.8) is 0 Å². The number of benzene rings is 1. The van der Waals surface area contributed by atoms with E-state index in [0.29, 0.717) is 18.9 Å². The zero-order chi connectivity index (χ0) is 21.6. The molecule has 1 aromatic heterocycles. The molecule has 0 saturated heterocycles. The second-order valence-electron chi connectivity index (χ2n) is 7.41. The molecule has 2 rings (SSSR count). The number of aromatic nitrogens is 2.